The second-order valence-electron chi connectivity index (χ2n) is 5.28. The van der Waals surface area contributed by atoms with E-state index >= 15 is 0 Å². The zero-order chi connectivity index (χ0) is 14.1. The Balaban J connectivity index is 2.08. The summed E-state index contributed by atoms with van der Waals surface area (Å²) in [6, 6.07) is 3.86. The molecule has 0 saturated heterocycles. The Morgan fingerprint density at radius 3 is 2.70 bits per heavy atom. The number of nitrogens with one attached hydrogen (secondary N) is 1. The molecule has 0 amide bonds. The molecule has 2 aromatic heterocycles. The molecule has 0 aliphatic heterocycles. The van der Waals surface area contributed by atoms with Gasteiger partial charge in [-0.2, -0.15) is 0 Å². The number of aryl methyl sites for hydroxylation is 1. The molecule has 3 rings (SSSR count). The largest absolute Gasteiger partial charge is 0.305 e. The van der Waals surface area contributed by atoms with Crippen LogP contribution >= 0.6 is 15.9 Å². The molecule has 104 valence electrons. The van der Waals surface area contributed by atoms with Crippen LogP contribution in [0, 0.1) is 6.92 Å². The highest BCUT2D eigenvalue weighted by Crippen LogP contribution is 2.35. The van der Waals surface area contributed by atoms with Crippen molar-refractivity contribution < 1.29 is 0 Å². The molecular formula is C15H16BrN3O. The molecule has 1 aliphatic carbocycles. The van der Waals surface area contributed by atoms with Crippen LogP contribution in [-0.4, -0.2) is 15.0 Å². The summed E-state index contributed by atoms with van der Waals surface area (Å²) in [5, 5.41) is 0. The van der Waals surface area contributed by atoms with Crippen LogP contribution in [0.15, 0.2) is 27.6 Å². The molecule has 20 heavy (non-hydrogen) atoms. The van der Waals surface area contributed by atoms with Crippen molar-refractivity contribution in [3.63, 3.8) is 0 Å². The summed E-state index contributed by atoms with van der Waals surface area (Å²) in [5.41, 5.74) is 2.57. The number of aromatic nitrogens is 3. The van der Waals surface area contributed by atoms with Crippen LogP contribution in [-0.2, 0) is 0 Å². The normalized spacial score (nSPS) is 15.7. The van der Waals surface area contributed by atoms with Gasteiger partial charge in [-0.25, -0.2) is 4.98 Å². The predicted octanol–water partition coefficient (Wildman–Crippen LogP) is 3.56. The summed E-state index contributed by atoms with van der Waals surface area (Å²) in [5.74, 6) is 0.997. The van der Waals surface area contributed by atoms with Gasteiger partial charge in [-0.3, -0.25) is 9.78 Å². The predicted molar refractivity (Wildman–Crippen MR) is 81.7 cm³/mol. The Morgan fingerprint density at radius 2 is 2.05 bits per heavy atom. The van der Waals surface area contributed by atoms with Crippen LogP contribution in [0.1, 0.15) is 43.0 Å². The Bertz CT molecular complexity index is 673. The average Bonchev–Trinajstić information content (AvgIpc) is 2.96. The second kappa shape index (κ2) is 5.48. The number of pyridine rings is 1. The highest BCUT2D eigenvalue weighted by atomic mass is 79.9. The van der Waals surface area contributed by atoms with Gasteiger partial charge in [0.05, 0.1) is 5.69 Å². The lowest BCUT2D eigenvalue weighted by Gasteiger charge is -2.12. The van der Waals surface area contributed by atoms with Gasteiger partial charge in [-0.1, -0.05) is 12.8 Å². The van der Waals surface area contributed by atoms with Crippen molar-refractivity contribution in [1.82, 2.24) is 15.0 Å². The molecule has 2 heterocycles. The van der Waals surface area contributed by atoms with Gasteiger partial charge in [0.1, 0.15) is 10.3 Å². The van der Waals surface area contributed by atoms with Crippen LogP contribution in [0.4, 0.5) is 0 Å². The molecule has 0 spiro atoms. The number of hydrogen-bond donors (Lipinski definition) is 1. The lowest BCUT2D eigenvalue weighted by molar-refractivity contribution is 0.688. The van der Waals surface area contributed by atoms with Gasteiger partial charge in [0.2, 0.25) is 0 Å². The molecule has 4 nitrogen and oxygen atoms in total. The molecule has 2 aromatic rings. The van der Waals surface area contributed by atoms with Crippen LogP contribution in [0.2, 0.25) is 0 Å². The number of halogens is 1. The van der Waals surface area contributed by atoms with Crippen LogP contribution in [0.5, 0.6) is 0 Å². The fourth-order valence-electron chi connectivity index (χ4n) is 2.69. The van der Waals surface area contributed by atoms with Gasteiger partial charge in [-0.05, 0) is 47.8 Å². The standard InChI is InChI=1S/C15H16BrN3O/c1-9-6-7-11(8-17-9)14-18-13(10-4-2-3-5-10)12(16)15(20)19-14/h6-8,10H,2-5H2,1H3,(H,18,19,20). The van der Waals surface area contributed by atoms with Crippen LogP contribution in [0.25, 0.3) is 11.4 Å². The van der Waals surface area contributed by atoms with Crippen molar-refractivity contribution >= 4 is 15.9 Å². The second-order valence-corrected chi connectivity index (χ2v) is 6.08. The van der Waals surface area contributed by atoms with E-state index in [2.05, 4.69) is 30.9 Å². The first-order valence-electron chi connectivity index (χ1n) is 6.88. The molecule has 1 aliphatic rings. The molecular weight excluding hydrogens is 318 g/mol. The van der Waals surface area contributed by atoms with Crippen molar-refractivity contribution in [2.75, 3.05) is 0 Å². The van der Waals surface area contributed by atoms with Crippen molar-refractivity contribution in [2.45, 2.75) is 38.5 Å². The third-order valence-corrected chi connectivity index (χ3v) is 4.58. The van der Waals surface area contributed by atoms with E-state index in [-0.39, 0.29) is 5.56 Å². The summed E-state index contributed by atoms with van der Waals surface area (Å²) in [6.07, 6.45) is 6.40. The van der Waals surface area contributed by atoms with E-state index in [0.29, 0.717) is 16.2 Å². The minimum atomic E-state index is -0.113. The summed E-state index contributed by atoms with van der Waals surface area (Å²) >= 11 is 3.39. The van der Waals surface area contributed by atoms with Gasteiger partial charge in [0.15, 0.2) is 0 Å². The number of aromatic amines is 1. The molecule has 1 N–H and O–H groups in total. The third kappa shape index (κ3) is 2.54. The van der Waals surface area contributed by atoms with E-state index in [0.717, 1.165) is 29.8 Å². The monoisotopic (exact) mass is 333 g/mol. The Hall–Kier alpha value is -1.49. The SMILES string of the molecule is Cc1ccc(-c2nc(C3CCCC3)c(Br)c(=O)[nH]2)cn1. The Morgan fingerprint density at radius 1 is 1.30 bits per heavy atom. The van der Waals surface area contributed by atoms with Crippen molar-refractivity contribution in [1.29, 1.82) is 0 Å². The highest BCUT2D eigenvalue weighted by molar-refractivity contribution is 9.10. The van der Waals surface area contributed by atoms with Crippen LogP contribution in [0.3, 0.4) is 0 Å². The molecule has 5 heteroatoms. The molecule has 1 fully saturated rings. The minimum absolute atomic E-state index is 0.113. The van der Waals surface area contributed by atoms with Gasteiger partial charge < -0.3 is 4.98 Å². The first kappa shape index (κ1) is 13.5. The van der Waals surface area contributed by atoms with Gasteiger partial charge in [0.25, 0.3) is 5.56 Å². The Labute approximate surface area is 125 Å². The van der Waals surface area contributed by atoms with Crippen molar-refractivity contribution in [2.24, 2.45) is 0 Å². The number of hydrogen-bond acceptors (Lipinski definition) is 3. The maximum Gasteiger partial charge on any atom is 0.265 e. The zero-order valence-corrected chi connectivity index (χ0v) is 12.9. The number of nitrogens with zero attached hydrogens (tertiary/aromatic N) is 2. The summed E-state index contributed by atoms with van der Waals surface area (Å²) < 4.78 is 0.577. The average molecular weight is 334 g/mol. The van der Waals surface area contributed by atoms with E-state index in [4.69, 9.17) is 0 Å². The van der Waals surface area contributed by atoms with Crippen molar-refractivity contribution in [3.05, 3.63) is 44.5 Å². The van der Waals surface area contributed by atoms with Gasteiger partial charge >= 0.3 is 0 Å². The molecule has 0 aromatic carbocycles. The van der Waals surface area contributed by atoms with Gasteiger partial charge in [-0.15, -0.1) is 0 Å². The first-order chi connectivity index (χ1) is 9.65. The third-order valence-electron chi connectivity index (χ3n) is 3.82. The zero-order valence-electron chi connectivity index (χ0n) is 11.3. The number of H-pyrrole nitrogens is 1. The Kier molecular flexibility index (Phi) is 3.70. The molecule has 0 bridgehead atoms. The summed E-state index contributed by atoms with van der Waals surface area (Å²) in [7, 11) is 0. The molecule has 0 unspecified atom stereocenters. The summed E-state index contributed by atoms with van der Waals surface area (Å²) in [6.45, 7) is 1.94. The van der Waals surface area contributed by atoms with E-state index < -0.39 is 0 Å². The highest BCUT2D eigenvalue weighted by Gasteiger charge is 2.23. The van der Waals surface area contributed by atoms with Crippen LogP contribution < -0.4 is 5.56 Å². The van der Waals surface area contributed by atoms with E-state index in [1.54, 1.807) is 6.20 Å². The van der Waals surface area contributed by atoms with Crippen molar-refractivity contribution in [3.8, 4) is 11.4 Å². The van der Waals surface area contributed by atoms with Gasteiger partial charge in [0, 0.05) is 23.4 Å². The van der Waals surface area contributed by atoms with E-state index in [1.165, 1.54) is 12.8 Å². The maximum absolute atomic E-state index is 12.1. The lowest BCUT2D eigenvalue weighted by atomic mass is 10.0. The summed E-state index contributed by atoms with van der Waals surface area (Å²) in [4.78, 5) is 23.9. The topological polar surface area (TPSA) is 58.6 Å². The maximum atomic E-state index is 12.1. The first-order valence-corrected chi connectivity index (χ1v) is 7.67. The van der Waals surface area contributed by atoms with E-state index in [1.807, 2.05) is 19.1 Å². The minimum Gasteiger partial charge on any atom is -0.305 e. The fourth-order valence-corrected chi connectivity index (χ4v) is 3.20. The molecule has 0 radical (unpaired) electrons. The quantitative estimate of drug-likeness (QED) is 0.913. The lowest BCUT2D eigenvalue weighted by Crippen LogP contribution is -2.15. The fraction of sp³-hybridized carbons (Fsp3) is 0.400. The molecule has 1 saturated carbocycles. The molecule has 0 atom stereocenters. The van der Waals surface area contributed by atoms with E-state index in [9.17, 15) is 4.79 Å². The number of rotatable bonds is 2. The smallest absolute Gasteiger partial charge is 0.265 e.